The van der Waals surface area contributed by atoms with E-state index in [0.717, 1.165) is 42.9 Å². The number of aryl methyl sites for hydroxylation is 2. The van der Waals surface area contributed by atoms with E-state index in [4.69, 9.17) is 4.98 Å². The summed E-state index contributed by atoms with van der Waals surface area (Å²) in [5.74, 6) is 0.562. The Hall–Kier alpha value is -1.84. The first kappa shape index (κ1) is 18.9. The molecule has 2 aromatic heterocycles. The molecule has 3 heterocycles. The van der Waals surface area contributed by atoms with Crippen molar-refractivity contribution in [2.75, 3.05) is 20.6 Å². The van der Waals surface area contributed by atoms with Gasteiger partial charge in [-0.3, -0.25) is 4.68 Å². The lowest BCUT2D eigenvalue weighted by molar-refractivity contribution is 0.352. The van der Waals surface area contributed by atoms with Gasteiger partial charge in [-0.25, -0.2) is 9.97 Å². The van der Waals surface area contributed by atoms with Gasteiger partial charge in [0.15, 0.2) is 0 Å². The number of hydrogen-bond donors (Lipinski definition) is 0. The van der Waals surface area contributed by atoms with Crippen LogP contribution < -0.4 is 0 Å². The third-order valence-corrected chi connectivity index (χ3v) is 6.50. The molecule has 0 N–H and O–H groups in total. The van der Waals surface area contributed by atoms with Crippen molar-refractivity contribution in [1.82, 2.24) is 28.4 Å². The minimum absolute atomic E-state index is 0.330. The summed E-state index contributed by atoms with van der Waals surface area (Å²) in [6, 6.07) is 3.53. The molecule has 0 amide bonds. The average molecular weight is 379 g/mol. The molecule has 1 aliphatic rings. The zero-order valence-electron chi connectivity index (χ0n) is 15.8. The fraction of sp³-hybridized carbons (Fsp3) is 0.588. The molecular weight excluding hydrogens is 352 g/mol. The standard InChI is InChI=1S/C17H26N6O2S/c1-5-10-22-15(8-9-18-22)14-12-13(2)19-17(20-14)16-7-6-11-23(16)26(24,25)21(3)4/h8-9,12,16H,5-7,10-11H2,1-4H3/t16-/m0/s1. The van der Waals surface area contributed by atoms with E-state index < -0.39 is 10.2 Å². The van der Waals surface area contributed by atoms with Gasteiger partial charge in [-0.2, -0.15) is 22.1 Å². The Bertz CT molecular complexity index is 877. The lowest BCUT2D eigenvalue weighted by Crippen LogP contribution is -2.40. The maximum Gasteiger partial charge on any atom is 0.282 e. The second-order valence-electron chi connectivity index (χ2n) is 6.75. The molecule has 1 atom stereocenters. The van der Waals surface area contributed by atoms with E-state index in [2.05, 4.69) is 17.0 Å². The molecule has 1 fully saturated rings. The normalized spacial score (nSPS) is 18.7. The highest BCUT2D eigenvalue weighted by Crippen LogP contribution is 2.34. The Balaban J connectivity index is 2.01. The molecule has 142 valence electrons. The van der Waals surface area contributed by atoms with E-state index >= 15 is 0 Å². The van der Waals surface area contributed by atoms with Gasteiger partial charge in [0, 0.05) is 39.1 Å². The second-order valence-corrected chi connectivity index (χ2v) is 8.85. The number of rotatable bonds is 6. The summed E-state index contributed by atoms with van der Waals surface area (Å²) in [6.45, 7) is 5.32. The molecule has 0 saturated carbocycles. The SMILES string of the molecule is CCCn1nccc1-c1cc(C)nc([C@@H]2CCCN2S(=O)(=O)N(C)C)n1. The molecule has 0 aliphatic carbocycles. The van der Waals surface area contributed by atoms with Gasteiger partial charge in [0.05, 0.1) is 17.4 Å². The number of aromatic nitrogens is 4. The molecule has 1 saturated heterocycles. The largest absolute Gasteiger partial charge is 0.282 e. The van der Waals surface area contributed by atoms with Crippen LogP contribution in [0.4, 0.5) is 0 Å². The van der Waals surface area contributed by atoms with Gasteiger partial charge in [0.1, 0.15) is 5.82 Å². The molecule has 2 aromatic rings. The van der Waals surface area contributed by atoms with Crippen LogP contribution in [-0.4, -0.2) is 57.4 Å². The van der Waals surface area contributed by atoms with E-state index in [1.54, 1.807) is 20.3 Å². The van der Waals surface area contributed by atoms with Gasteiger partial charge in [-0.1, -0.05) is 6.92 Å². The van der Waals surface area contributed by atoms with E-state index in [0.29, 0.717) is 12.4 Å². The first-order valence-corrected chi connectivity index (χ1v) is 10.3. The Labute approximate surface area is 155 Å². The quantitative estimate of drug-likeness (QED) is 0.768. The van der Waals surface area contributed by atoms with Gasteiger partial charge < -0.3 is 0 Å². The summed E-state index contributed by atoms with van der Waals surface area (Å²) in [7, 11) is -0.397. The number of nitrogens with zero attached hydrogens (tertiary/aromatic N) is 6. The molecule has 0 aromatic carbocycles. The van der Waals surface area contributed by atoms with E-state index in [-0.39, 0.29) is 6.04 Å². The first-order chi connectivity index (χ1) is 12.3. The summed E-state index contributed by atoms with van der Waals surface area (Å²) in [5, 5.41) is 4.36. The van der Waals surface area contributed by atoms with Crippen molar-refractivity contribution < 1.29 is 8.42 Å². The summed E-state index contributed by atoms with van der Waals surface area (Å²) in [6.07, 6.45) is 4.27. The van der Waals surface area contributed by atoms with Crippen molar-refractivity contribution >= 4 is 10.2 Å². The minimum atomic E-state index is -3.50. The van der Waals surface area contributed by atoms with Crippen LogP contribution in [0, 0.1) is 6.92 Å². The average Bonchev–Trinajstić information content (AvgIpc) is 3.24. The Morgan fingerprint density at radius 2 is 2.08 bits per heavy atom. The van der Waals surface area contributed by atoms with Crippen LogP contribution in [0.3, 0.4) is 0 Å². The second kappa shape index (κ2) is 7.42. The van der Waals surface area contributed by atoms with Crippen LogP contribution >= 0.6 is 0 Å². The zero-order valence-corrected chi connectivity index (χ0v) is 16.6. The van der Waals surface area contributed by atoms with E-state index in [1.165, 1.54) is 8.61 Å². The van der Waals surface area contributed by atoms with Crippen LogP contribution in [0.25, 0.3) is 11.4 Å². The van der Waals surface area contributed by atoms with Crippen LogP contribution in [0.1, 0.15) is 43.7 Å². The maximum atomic E-state index is 12.6. The molecule has 26 heavy (non-hydrogen) atoms. The predicted octanol–water partition coefficient (Wildman–Crippen LogP) is 2.00. The van der Waals surface area contributed by atoms with Gasteiger partial charge in [0.2, 0.25) is 0 Å². The molecule has 0 unspecified atom stereocenters. The van der Waals surface area contributed by atoms with Crippen molar-refractivity contribution in [3.05, 3.63) is 29.8 Å². The Morgan fingerprint density at radius 3 is 2.77 bits per heavy atom. The third-order valence-electron chi connectivity index (χ3n) is 4.55. The Morgan fingerprint density at radius 1 is 1.31 bits per heavy atom. The predicted molar refractivity (Wildman–Crippen MR) is 99.6 cm³/mol. The highest BCUT2D eigenvalue weighted by molar-refractivity contribution is 7.86. The first-order valence-electron chi connectivity index (χ1n) is 8.91. The Kier molecular flexibility index (Phi) is 5.40. The fourth-order valence-electron chi connectivity index (χ4n) is 3.30. The monoisotopic (exact) mass is 378 g/mol. The molecule has 0 radical (unpaired) electrons. The van der Waals surface area contributed by atoms with Crippen LogP contribution in [0.2, 0.25) is 0 Å². The third kappa shape index (κ3) is 3.51. The highest BCUT2D eigenvalue weighted by atomic mass is 32.2. The van der Waals surface area contributed by atoms with Crippen molar-refractivity contribution in [2.24, 2.45) is 0 Å². The fourth-order valence-corrected chi connectivity index (χ4v) is 4.60. The number of hydrogen-bond acceptors (Lipinski definition) is 5. The van der Waals surface area contributed by atoms with E-state index in [1.807, 2.05) is 23.7 Å². The van der Waals surface area contributed by atoms with Crippen LogP contribution in [0.5, 0.6) is 0 Å². The van der Waals surface area contributed by atoms with Gasteiger partial charge in [-0.15, -0.1) is 0 Å². The summed E-state index contributed by atoms with van der Waals surface area (Å²) >= 11 is 0. The van der Waals surface area contributed by atoms with Gasteiger partial charge >= 0.3 is 0 Å². The molecule has 3 rings (SSSR count). The lowest BCUT2D eigenvalue weighted by Gasteiger charge is -2.26. The van der Waals surface area contributed by atoms with Crippen molar-refractivity contribution in [3.63, 3.8) is 0 Å². The summed E-state index contributed by atoms with van der Waals surface area (Å²) in [5.41, 5.74) is 2.54. The smallest absolute Gasteiger partial charge is 0.263 e. The molecule has 0 spiro atoms. The molecular formula is C17H26N6O2S. The van der Waals surface area contributed by atoms with Gasteiger partial charge in [-0.05, 0) is 38.3 Å². The summed E-state index contributed by atoms with van der Waals surface area (Å²) < 4.78 is 30.0. The molecule has 9 heteroatoms. The van der Waals surface area contributed by atoms with Crippen molar-refractivity contribution in [1.29, 1.82) is 0 Å². The summed E-state index contributed by atoms with van der Waals surface area (Å²) in [4.78, 5) is 9.29. The maximum absolute atomic E-state index is 12.6. The minimum Gasteiger partial charge on any atom is -0.263 e. The van der Waals surface area contributed by atoms with Crippen LogP contribution in [-0.2, 0) is 16.8 Å². The van der Waals surface area contributed by atoms with Gasteiger partial charge in [0.25, 0.3) is 10.2 Å². The topological polar surface area (TPSA) is 84.2 Å². The van der Waals surface area contributed by atoms with Crippen molar-refractivity contribution in [3.8, 4) is 11.4 Å². The lowest BCUT2D eigenvalue weighted by atomic mass is 10.2. The zero-order chi connectivity index (χ0) is 18.9. The molecule has 0 bridgehead atoms. The van der Waals surface area contributed by atoms with E-state index in [9.17, 15) is 8.42 Å². The molecule has 8 nitrogen and oxygen atoms in total. The van der Waals surface area contributed by atoms with Crippen LogP contribution in [0.15, 0.2) is 18.3 Å². The molecule has 1 aliphatic heterocycles. The highest BCUT2D eigenvalue weighted by Gasteiger charge is 2.38. The van der Waals surface area contributed by atoms with Crippen molar-refractivity contribution in [2.45, 2.75) is 45.7 Å².